The zero-order valence-corrected chi connectivity index (χ0v) is 16.6. The summed E-state index contributed by atoms with van der Waals surface area (Å²) in [4.78, 5) is 23.8. The summed E-state index contributed by atoms with van der Waals surface area (Å²) in [5.41, 5.74) is -1.21. The van der Waals surface area contributed by atoms with E-state index in [2.05, 4.69) is 10.6 Å². The molecule has 0 aliphatic heterocycles. The maximum absolute atomic E-state index is 13.5. The SMILES string of the molecule is CC(COc1ccccc1C(F)(F)F)NC(=O)CCCNC(=O)c1ccc(F)cc1F. The molecule has 0 aliphatic carbocycles. The topological polar surface area (TPSA) is 67.4 Å². The van der Waals surface area contributed by atoms with Crippen molar-refractivity contribution < 1.29 is 36.3 Å². The predicted molar refractivity (Wildman–Crippen MR) is 102 cm³/mol. The van der Waals surface area contributed by atoms with E-state index in [1.54, 1.807) is 6.92 Å². The van der Waals surface area contributed by atoms with Crippen LogP contribution >= 0.6 is 0 Å². The van der Waals surface area contributed by atoms with Gasteiger partial charge in [0, 0.05) is 19.0 Å². The van der Waals surface area contributed by atoms with E-state index in [9.17, 15) is 31.5 Å². The number of carbonyl (C=O) groups is 2. The van der Waals surface area contributed by atoms with E-state index in [4.69, 9.17) is 4.74 Å². The minimum absolute atomic E-state index is 0.0235. The summed E-state index contributed by atoms with van der Waals surface area (Å²) in [7, 11) is 0. The summed E-state index contributed by atoms with van der Waals surface area (Å²) < 4.78 is 70.4. The molecule has 2 N–H and O–H groups in total. The summed E-state index contributed by atoms with van der Waals surface area (Å²) in [6, 6.07) is 6.79. The lowest BCUT2D eigenvalue weighted by Crippen LogP contribution is -2.37. The minimum Gasteiger partial charge on any atom is -0.491 e. The Morgan fingerprint density at radius 1 is 1.10 bits per heavy atom. The second-order valence-electron chi connectivity index (χ2n) is 6.76. The van der Waals surface area contributed by atoms with Crippen molar-refractivity contribution in [2.75, 3.05) is 13.2 Å². The fourth-order valence-corrected chi connectivity index (χ4v) is 2.65. The van der Waals surface area contributed by atoms with Crippen molar-refractivity contribution in [1.82, 2.24) is 10.6 Å². The van der Waals surface area contributed by atoms with Crippen molar-refractivity contribution >= 4 is 11.8 Å². The molecule has 0 heterocycles. The quantitative estimate of drug-likeness (QED) is 0.453. The fraction of sp³-hybridized carbons (Fsp3) is 0.333. The lowest BCUT2D eigenvalue weighted by Gasteiger charge is -2.18. The van der Waals surface area contributed by atoms with E-state index >= 15 is 0 Å². The minimum atomic E-state index is -4.55. The van der Waals surface area contributed by atoms with Gasteiger partial charge in [-0.3, -0.25) is 9.59 Å². The number of nitrogens with one attached hydrogen (secondary N) is 2. The molecular weight excluding hydrogens is 423 g/mol. The molecule has 2 aromatic rings. The van der Waals surface area contributed by atoms with Crippen LogP contribution in [0.4, 0.5) is 22.0 Å². The number of benzene rings is 2. The number of hydrogen-bond donors (Lipinski definition) is 2. The first-order valence-electron chi connectivity index (χ1n) is 9.39. The van der Waals surface area contributed by atoms with Crippen LogP contribution < -0.4 is 15.4 Å². The maximum atomic E-state index is 13.5. The molecule has 10 heteroatoms. The highest BCUT2D eigenvalue weighted by Gasteiger charge is 2.34. The molecule has 1 atom stereocenters. The molecule has 0 fully saturated rings. The monoisotopic (exact) mass is 444 g/mol. The van der Waals surface area contributed by atoms with Crippen molar-refractivity contribution in [3.05, 3.63) is 65.2 Å². The molecule has 0 aliphatic rings. The zero-order valence-electron chi connectivity index (χ0n) is 16.6. The van der Waals surface area contributed by atoms with E-state index in [1.807, 2.05) is 0 Å². The van der Waals surface area contributed by atoms with Crippen LogP contribution in [-0.4, -0.2) is 31.0 Å². The van der Waals surface area contributed by atoms with Gasteiger partial charge in [0.25, 0.3) is 5.91 Å². The second-order valence-corrected chi connectivity index (χ2v) is 6.76. The van der Waals surface area contributed by atoms with Gasteiger partial charge < -0.3 is 15.4 Å². The van der Waals surface area contributed by atoms with Crippen LogP contribution in [0.3, 0.4) is 0 Å². The Bertz CT molecular complexity index is 918. The van der Waals surface area contributed by atoms with Crippen molar-refractivity contribution in [2.24, 2.45) is 0 Å². The zero-order chi connectivity index (χ0) is 23.0. The van der Waals surface area contributed by atoms with Gasteiger partial charge in [0.05, 0.1) is 17.2 Å². The Morgan fingerprint density at radius 2 is 1.81 bits per heavy atom. The van der Waals surface area contributed by atoms with Crippen molar-refractivity contribution in [2.45, 2.75) is 32.0 Å². The number of carbonyl (C=O) groups excluding carboxylic acids is 2. The highest BCUT2D eigenvalue weighted by molar-refractivity contribution is 5.94. The van der Waals surface area contributed by atoms with Crippen molar-refractivity contribution in [3.63, 3.8) is 0 Å². The average molecular weight is 444 g/mol. The third kappa shape index (κ3) is 7.54. The predicted octanol–water partition coefficient (Wildman–Crippen LogP) is 4.08. The smallest absolute Gasteiger partial charge is 0.419 e. The number of halogens is 5. The molecule has 0 bridgehead atoms. The summed E-state index contributed by atoms with van der Waals surface area (Å²) in [6.07, 6.45) is -4.29. The lowest BCUT2D eigenvalue weighted by atomic mass is 10.2. The van der Waals surface area contributed by atoms with E-state index in [0.29, 0.717) is 6.07 Å². The first kappa shape index (κ1) is 24.1. The van der Waals surface area contributed by atoms with Gasteiger partial charge in [0.15, 0.2) is 0 Å². The van der Waals surface area contributed by atoms with Crippen LogP contribution in [0.15, 0.2) is 42.5 Å². The Hall–Kier alpha value is -3.17. The first-order valence-corrected chi connectivity index (χ1v) is 9.39. The summed E-state index contributed by atoms with van der Waals surface area (Å²) >= 11 is 0. The molecular formula is C21H21F5N2O3. The number of alkyl halides is 3. The highest BCUT2D eigenvalue weighted by Crippen LogP contribution is 2.35. The van der Waals surface area contributed by atoms with E-state index in [1.165, 1.54) is 18.2 Å². The number of para-hydroxylation sites is 1. The van der Waals surface area contributed by atoms with Gasteiger partial charge in [-0.2, -0.15) is 13.2 Å². The van der Waals surface area contributed by atoms with E-state index in [0.717, 1.165) is 18.2 Å². The molecule has 2 amide bonds. The fourth-order valence-electron chi connectivity index (χ4n) is 2.65. The van der Waals surface area contributed by atoms with Crippen molar-refractivity contribution in [3.8, 4) is 5.75 Å². The largest absolute Gasteiger partial charge is 0.491 e. The number of hydrogen-bond acceptors (Lipinski definition) is 3. The molecule has 0 radical (unpaired) electrons. The van der Waals surface area contributed by atoms with Gasteiger partial charge >= 0.3 is 6.18 Å². The Labute approximate surface area is 175 Å². The molecule has 0 spiro atoms. The van der Waals surface area contributed by atoms with Crippen LogP contribution in [-0.2, 0) is 11.0 Å². The molecule has 31 heavy (non-hydrogen) atoms. The Balaban J connectivity index is 1.71. The van der Waals surface area contributed by atoms with Crippen LogP contribution in [0.2, 0.25) is 0 Å². The molecule has 2 aromatic carbocycles. The summed E-state index contributed by atoms with van der Waals surface area (Å²) in [5, 5.41) is 5.01. The van der Waals surface area contributed by atoms with Gasteiger partial charge in [-0.15, -0.1) is 0 Å². The van der Waals surface area contributed by atoms with Gasteiger partial charge in [-0.25, -0.2) is 8.78 Å². The number of rotatable bonds is 9. The molecule has 168 valence electrons. The maximum Gasteiger partial charge on any atom is 0.419 e. The Morgan fingerprint density at radius 3 is 2.48 bits per heavy atom. The van der Waals surface area contributed by atoms with Crippen LogP contribution in [0.5, 0.6) is 5.75 Å². The van der Waals surface area contributed by atoms with Crippen molar-refractivity contribution in [1.29, 1.82) is 0 Å². The summed E-state index contributed by atoms with van der Waals surface area (Å²) in [6.45, 7) is 1.49. The second kappa shape index (κ2) is 10.7. The van der Waals surface area contributed by atoms with Gasteiger partial charge in [-0.1, -0.05) is 12.1 Å². The first-order chi connectivity index (χ1) is 14.6. The number of amides is 2. The van der Waals surface area contributed by atoms with Crippen LogP contribution in [0.25, 0.3) is 0 Å². The van der Waals surface area contributed by atoms with Gasteiger partial charge in [-0.05, 0) is 37.6 Å². The highest BCUT2D eigenvalue weighted by atomic mass is 19.4. The summed E-state index contributed by atoms with van der Waals surface area (Å²) in [5.74, 6) is -3.24. The van der Waals surface area contributed by atoms with E-state index in [-0.39, 0.29) is 43.2 Å². The number of ether oxygens (including phenoxy) is 1. The molecule has 0 aromatic heterocycles. The molecule has 5 nitrogen and oxygen atoms in total. The molecule has 2 rings (SSSR count). The molecule has 1 unspecified atom stereocenters. The van der Waals surface area contributed by atoms with Crippen LogP contribution in [0.1, 0.15) is 35.7 Å². The van der Waals surface area contributed by atoms with E-state index < -0.39 is 35.3 Å². The Kier molecular flexibility index (Phi) is 8.35. The molecule has 0 saturated carbocycles. The normalized spacial score (nSPS) is 12.2. The molecule has 0 saturated heterocycles. The van der Waals surface area contributed by atoms with Gasteiger partial charge in [0.1, 0.15) is 24.0 Å². The standard InChI is InChI=1S/C21H21F5N2O3/c1-13(12-31-18-6-3-2-5-16(18)21(24,25)26)28-19(29)7-4-10-27-20(30)15-9-8-14(22)11-17(15)23/h2-3,5-6,8-9,11,13H,4,7,10,12H2,1H3,(H,27,30)(H,28,29). The average Bonchev–Trinajstić information content (AvgIpc) is 2.69. The van der Waals surface area contributed by atoms with Crippen LogP contribution in [0, 0.1) is 11.6 Å². The lowest BCUT2D eigenvalue weighted by molar-refractivity contribution is -0.139. The third-order valence-corrected chi connectivity index (χ3v) is 4.13. The van der Waals surface area contributed by atoms with Gasteiger partial charge in [0.2, 0.25) is 5.91 Å². The third-order valence-electron chi connectivity index (χ3n) is 4.13.